The Kier molecular flexibility index (Phi) is 9.55. The van der Waals surface area contributed by atoms with E-state index in [-0.39, 0.29) is 12.4 Å². The number of hydrogen-bond acceptors (Lipinski definition) is 4. The second kappa shape index (κ2) is 10.9. The molecule has 0 heterocycles. The fourth-order valence-electron chi connectivity index (χ4n) is 2.99. The van der Waals surface area contributed by atoms with Gasteiger partial charge in [0.05, 0.1) is 19.0 Å². The van der Waals surface area contributed by atoms with E-state index in [0.717, 1.165) is 24.3 Å². The van der Waals surface area contributed by atoms with Crippen molar-refractivity contribution in [3.8, 4) is 0 Å². The quantitative estimate of drug-likeness (QED) is 0.375. The summed E-state index contributed by atoms with van der Waals surface area (Å²) < 4.78 is 27.2. The van der Waals surface area contributed by atoms with Gasteiger partial charge in [0.2, 0.25) is 0 Å². The fourth-order valence-corrected chi connectivity index (χ4v) is 3.41. The lowest BCUT2D eigenvalue weighted by molar-refractivity contribution is 0.154. The maximum absolute atomic E-state index is 11.0. The molecule has 2 unspecified atom stereocenters. The molecule has 7 heteroatoms. The molecule has 0 saturated heterocycles. The third kappa shape index (κ3) is 10.5. The number of rotatable bonds is 9. The summed E-state index contributed by atoms with van der Waals surface area (Å²) in [6.07, 6.45) is 7.85. The Balaban J connectivity index is 2.06. The van der Waals surface area contributed by atoms with Crippen molar-refractivity contribution < 1.29 is 13.2 Å². The molecular weight excluding hydrogens is 314 g/mol. The first-order valence-corrected chi connectivity index (χ1v) is 10.7. The SMILES string of the molecule is CN=C(NCCOCCS(C)(=O)=O)NCCC1CCCC(C)C1. The molecule has 2 atom stereocenters. The van der Waals surface area contributed by atoms with Crippen LogP contribution in [0.5, 0.6) is 0 Å². The molecule has 23 heavy (non-hydrogen) atoms. The van der Waals surface area contributed by atoms with Crippen molar-refractivity contribution in [1.82, 2.24) is 10.6 Å². The molecule has 0 aromatic carbocycles. The normalized spacial score (nSPS) is 22.8. The van der Waals surface area contributed by atoms with E-state index in [1.165, 1.54) is 38.4 Å². The van der Waals surface area contributed by atoms with E-state index in [1.54, 1.807) is 7.05 Å². The number of hydrogen-bond donors (Lipinski definition) is 2. The summed E-state index contributed by atoms with van der Waals surface area (Å²) >= 11 is 0. The Labute approximate surface area is 141 Å². The lowest BCUT2D eigenvalue weighted by Gasteiger charge is -2.26. The molecule has 1 fully saturated rings. The summed E-state index contributed by atoms with van der Waals surface area (Å²) in [5.41, 5.74) is 0. The van der Waals surface area contributed by atoms with Crippen LogP contribution < -0.4 is 10.6 Å². The van der Waals surface area contributed by atoms with E-state index < -0.39 is 9.84 Å². The molecule has 6 nitrogen and oxygen atoms in total. The van der Waals surface area contributed by atoms with Crippen molar-refractivity contribution in [2.24, 2.45) is 16.8 Å². The molecule has 136 valence electrons. The highest BCUT2D eigenvalue weighted by Gasteiger charge is 2.18. The summed E-state index contributed by atoms with van der Waals surface area (Å²) in [5.74, 6) is 2.55. The van der Waals surface area contributed by atoms with Gasteiger partial charge in [0.15, 0.2) is 5.96 Å². The Bertz CT molecular complexity index is 451. The van der Waals surface area contributed by atoms with Gasteiger partial charge in [-0.2, -0.15) is 0 Å². The van der Waals surface area contributed by atoms with E-state index in [0.29, 0.717) is 13.2 Å². The van der Waals surface area contributed by atoms with Crippen LogP contribution in [0.2, 0.25) is 0 Å². The Hall–Kier alpha value is -0.820. The molecule has 1 aliphatic rings. The van der Waals surface area contributed by atoms with Gasteiger partial charge in [-0.05, 0) is 24.7 Å². The zero-order valence-corrected chi connectivity index (χ0v) is 15.6. The highest BCUT2D eigenvalue weighted by molar-refractivity contribution is 7.90. The zero-order chi connectivity index (χ0) is 17.1. The van der Waals surface area contributed by atoms with Crippen LogP contribution in [-0.2, 0) is 14.6 Å². The maximum Gasteiger partial charge on any atom is 0.191 e. The molecule has 1 aliphatic carbocycles. The lowest BCUT2D eigenvalue weighted by atomic mass is 9.81. The van der Waals surface area contributed by atoms with Crippen molar-refractivity contribution in [3.63, 3.8) is 0 Å². The molecule has 1 rings (SSSR count). The molecule has 0 aliphatic heterocycles. The first-order valence-electron chi connectivity index (χ1n) is 8.60. The zero-order valence-electron chi connectivity index (χ0n) is 14.8. The van der Waals surface area contributed by atoms with Crippen LogP contribution in [0, 0.1) is 11.8 Å². The first-order chi connectivity index (χ1) is 10.9. The monoisotopic (exact) mass is 347 g/mol. The Morgan fingerprint density at radius 2 is 1.96 bits per heavy atom. The molecule has 0 bridgehead atoms. The van der Waals surface area contributed by atoms with E-state index in [1.807, 2.05) is 0 Å². The molecule has 2 N–H and O–H groups in total. The standard InChI is InChI=1S/C16H33N3O3S/c1-14-5-4-6-15(13-14)7-8-18-16(17-2)19-9-10-22-11-12-23(3,20)21/h14-15H,4-13H2,1-3H3,(H2,17,18,19). The van der Waals surface area contributed by atoms with Gasteiger partial charge in [0.1, 0.15) is 9.84 Å². The minimum absolute atomic E-state index is 0.0692. The smallest absolute Gasteiger partial charge is 0.191 e. The molecule has 1 saturated carbocycles. The van der Waals surface area contributed by atoms with E-state index in [9.17, 15) is 8.42 Å². The number of guanidine groups is 1. The van der Waals surface area contributed by atoms with E-state index in [4.69, 9.17) is 4.74 Å². The van der Waals surface area contributed by atoms with E-state index in [2.05, 4.69) is 22.5 Å². The second-order valence-corrected chi connectivity index (χ2v) is 8.85. The highest BCUT2D eigenvalue weighted by Crippen LogP contribution is 2.30. The predicted molar refractivity (Wildman–Crippen MR) is 95.6 cm³/mol. The van der Waals surface area contributed by atoms with Crippen molar-refractivity contribution in [2.75, 3.05) is 45.4 Å². The summed E-state index contributed by atoms with van der Waals surface area (Å²) in [5, 5.41) is 6.51. The fraction of sp³-hybridized carbons (Fsp3) is 0.938. The van der Waals surface area contributed by atoms with Crippen LogP contribution in [0.25, 0.3) is 0 Å². The van der Waals surface area contributed by atoms with Crippen molar-refractivity contribution in [3.05, 3.63) is 0 Å². The molecule has 0 radical (unpaired) electrons. The number of aliphatic imine (C=N–C) groups is 1. The third-order valence-corrected chi connectivity index (χ3v) is 5.16. The Morgan fingerprint density at radius 3 is 2.61 bits per heavy atom. The average Bonchev–Trinajstić information content (AvgIpc) is 2.48. The van der Waals surface area contributed by atoms with Gasteiger partial charge in [-0.25, -0.2) is 8.42 Å². The van der Waals surface area contributed by atoms with Crippen LogP contribution in [-0.4, -0.2) is 59.7 Å². The summed E-state index contributed by atoms with van der Waals surface area (Å²) in [7, 11) is -1.19. The molecular formula is C16H33N3O3S. The van der Waals surface area contributed by atoms with Crippen LogP contribution >= 0.6 is 0 Å². The predicted octanol–water partition coefficient (Wildman–Crippen LogP) is 1.43. The van der Waals surface area contributed by atoms with Gasteiger partial charge in [0.25, 0.3) is 0 Å². The van der Waals surface area contributed by atoms with Crippen LogP contribution in [0.4, 0.5) is 0 Å². The average molecular weight is 348 g/mol. The topological polar surface area (TPSA) is 79.8 Å². The molecule has 0 amide bonds. The molecule has 0 aromatic rings. The number of sulfone groups is 1. The van der Waals surface area contributed by atoms with E-state index >= 15 is 0 Å². The highest BCUT2D eigenvalue weighted by atomic mass is 32.2. The van der Waals surface area contributed by atoms with Gasteiger partial charge < -0.3 is 15.4 Å². The minimum Gasteiger partial charge on any atom is -0.379 e. The maximum atomic E-state index is 11.0. The van der Waals surface area contributed by atoms with Gasteiger partial charge in [-0.1, -0.05) is 26.2 Å². The summed E-state index contributed by atoms with van der Waals surface area (Å²) in [4.78, 5) is 4.19. The number of nitrogens with one attached hydrogen (secondary N) is 2. The number of ether oxygens (including phenoxy) is 1. The largest absolute Gasteiger partial charge is 0.379 e. The Morgan fingerprint density at radius 1 is 1.22 bits per heavy atom. The first kappa shape index (κ1) is 20.2. The summed E-state index contributed by atoms with van der Waals surface area (Å²) in [6, 6.07) is 0. The third-order valence-electron chi connectivity index (χ3n) is 4.25. The lowest BCUT2D eigenvalue weighted by Crippen LogP contribution is -2.40. The van der Waals surface area contributed by atoms with Gasteiger partial charge in [0, 0.05) is 26.4 Å². The van der Waals surface area contributed by atoms with Crippen LogP contribution in [0.3, 0.4) is 0 Å². The van der Waals surface area contributed by atoms with Crippen molar-refractivity contribution >= 4 is 15.8 Å². The van der Waals surface area contributed by atoms with Crippen LogP contribution in [0.15, 0.2) is 4.99 Å². The number of nitrogens with zero attached hydrogens (tertiary/aromatic N) is 1. The van der Waals surface area contributed by atoms with Gasteiger partial charge in [-0.15, -0.1) is 0 Å². The van der Waals surface area contributed by atoms with Crippen molar-refractivity contribution in [1.29, 1.82) is 0 Å². The van der Waals surface area contributed by atoms with Gasteiger partial charge >= 0.3 is 0 Å². The van der Waals surface area contributed by atoms with Crippen LogP contribution in [0.1, 0.15) is 39.0 Å². The molecule has 0 aromatic heterocycles. The molecule has 0 spiro atoms. The summed E-state index contributed by atoms with van der Waals surface area (Å²) in [6.45, 7) is 4.61. The second-order valence-electron chi connectivity index (χ2n) is 6.59. The minimum atomic E-state index is -2.94. The van der Waals surface area contributed by atoms with Crippen molar-refractivity contribution in [2.45, 2.75) is 39.0 Å². The van der Waals surface area contributed by atoms with Gasteiger partial charge in [-0.3, -0.25) is 4.99 Å².